The Morgan fingerprint density at radius 2 is 1.89 bits per heavy atom. The molecule has 3 rings (SSSR count). The summed E-state index contributed by atoms with van der Waals surface area (Å²) in [5.41, 5.74) is 6.50. The lowest BCUT2D eigenvalue weighted by Crippen LogP contribution is -2.42. The minimum atomic E-state index is -1.63. The monoisotopic (exact) mass is 360 g/mol. The van der Waals surface area contributed by atoms with Crippen molar-refractivity contribution in [1.29, 1.82) is 15.8 Å². The summed E-state index contributed by atoms with van der Waals surface area (Å²) in [7, 11) is 3.10. The molecule has 1 aromatic carbocycles. The number of fused-ring (bicyclic) bond motifs is 1. The summed E-state index contributed by atoms with van der Waals surface area (Å²) in [5.74, 6) is 0.471. The molecule has 27 heavy (non-hydrogen) atoms. The number of benzene rings is 1. The Labute approximate surface area is 158 Å². The predicted molar refractivity (Wildman–Crippen MR) is 98.2 cm³/mol. The van der Waals surface area contributed by atoms with Crippen LogP contribution in [0.1, 0.15) is 30.7 Å². The van der Waals surface area contributed by atoms with E-state index < -0.39 is 11.3 Å². The summed E-state index contributed by atoms with van der Waals surface area (Å²) in [6.45, 7) is 0. The number of rotatable bonds is 3. The fourth-order valence-electron chi connectivity index (χ4n) is 4.29. The van der Waals surface area contributed by atoms with Crippen LogP contribution in [0.4, 0.5) is 0 Å². The molecule has 0 aromatic heterocycles. The topological polar surface area (TPSA) is 116 Å². The lowest BCUT2D eigenvalue weighted by atomic mass is 9.56. The molecule has 6 nitrogen and oxygen atoms in total. The number of hydrogen-bond donors (Lipinski definition) is 1. The van der Waals surface area contributed by atoms with E-state index in [1.807, 2.05) is 12.1 Å². The van der Waals surface area contributed by atoms with Crippen LogP contribution < -0.4 is 15.2 Å². The molecule has 0 saturated heterocycles. The van der Waals surface area contributed by atoms with E-state index in [9.17, 15) is 15.8 Å². The van der Waals surface area contributed by atoms with Crippen molar-refractivity contribution in [2.45, 2.75) is 25.2 Å². The van der Waals surface area contributed by atoms with Crippen LogP contribution in [-0.4, -0.2) is 14.2 Å². The van der Waals surface area contributed by atoms with Crippen molar-refractivity contribution in [1.82, 2.24) is 0 Å². The molecule has 0 saturated carbocycles. The summed E-state index contributed by atoms with van der Waals surface area (Å²) in [4.78, 5) is 0. The third-order valence-electron chi connectivity index (χ3n) is 5.57. The van der Waals surface area contributed by atoms with Gasteiger partial charge in [-0.1, -0.05) is 12.1 Å². The van der Waals surface area contributed by atoms with Crippen LogP contribution in [0.5, 0.6) is 11.5 Å². The van der Waals surface area contributed by atoms with Crippen molar-refractivity contribution in [2.75, 3.05) is 14.2 Å². The number of nitriles is 3. The number of nitrogens with two attached hydrogens (primary N) is 1. The number of nitrogens with zero attached hydrogens (tertiary/aromatic N) is 3. The average Bonchev–Trinajstić information content (AvgIpc) is 2.72. The van der Waals surface area contributed by atoms with E-state index in [0.717, 1.165) is 30.4 Å². The Bertz CT molecular complexity index is 942. The van der Waals surface area contributed by atoms with E-state index >= 15 is 0 Å². The summed E-state index contributed by atoms with van der Waals surface area (Å²) >= 11 is 0. The lowest BCUT2D eigenvalue weighted by molar-refractivity contribution is 0.304. The molecule has 136 valence electrons. The van der Waals surface area contributed by atoms with E-state index in [2.05, 4.69) is 18.2 Å². The number of allylic oxidation sites excluding steroid dienone is 4. The van der Waals surface area contributed by atoms with Crippen molar-refractivity contribution in [3.63, 3.8) is 0 Å². The van der Waals surface area contributed by atoms with Gasteiger partial charge in [0.2, 0.25) is 0 Å². The van der Waals surface area contributed by atoms with Gasteiger partial charge < -0.3 is 15.2 Å². The van der Waals surface area contributed by atoms with Crippen molar-refractivity contribution in [2.24, 2.45) is 17.1 Å². The van der Waals surface area contributed by atoms with Gasteiger partial charge in [-0.3, -0.25) is 0 Å². The quantitative estimate of drug-likeness (QED) is 0.884. The van der Waals surface area contributed by atoms with Gasteiger partial charge in [0, 0.05) is 17.5 Å². The maximum absolute atomic E-state index is 10.0. The van der Waals surface area contributed by atoms with Gasteiger partial charge in [-0.15, -0.1) is 0 Å². The van der Waals surface area contributed by atoms with Crippen molar-refractivity contribution in [3.8, 4) is 29.7 Å². The molecule has 2 atom stereocenters. The third kappa shape index (κ3) is 2.60. The highest BCUT2D eigenvalue weighted by atomic mass is 16.5. The highest BCUT2D eigenvalue weighted by Gasteiger charge is 2.54. The van der Waals surface area contributed by atoms with Crippen LogP contribution in [-0.2, 0) is 0 Å². The largest absolute Gasteiger partial charge is 0.497 e. The fourth-order valence-corrected chi connectivity index (χ4v) is 4.29. The SMILES string of the molecule is COc1ccc([C@H]2[C@H]3CCCC=C3C(C#N)=C(N)C2(C#N)C#N)c(OC)c1. The van der Waals surface area contributed by atoms with Gasteiger partial charge in [-0.2, -0.15) is 15.8 Å². The summed E-state index contributed by atoms with van der Waals surface area (Å²) in [5, 5.41) is 29.7. The molecule has 2 aliphatic carbocycles. The maximum Gasteiger partial charge on any atom is 0.191 e. The fraction of sp³-hybridized carbons (Fsp3) is 0.381. The van der Waals surface area contributed by atoms with E-state index in [4.69, 9.17) is 15.2 Å². The summed E-state index contributed by atoms with van der Waals surface area (Å²) < 4.78 is 10.8. The second-order valence-corrected chi connectivity index (χ2v) is 6.71. The van der Waals surface area contributed by atoms with Crippen molar-refractivity contribution in [3.05, 3.63) is 46.7 Å². The van der Waals surface area contributed by atoms with Gasteiger partial charge >= 0.3 is 0 Å². The number of methoxy groups -OCH3 is 2. The van der Waals surface area contributed by atoms with Crippen LogP contribution in [0.2, 0.25) is 0 Å². The molecule has 2 aliphatic rings. The van der Waals surface area contributed by atoms with Crippen LogP contribution in [0.3, 0.4) is 0 Å². The lowest BCUT2D eigenvalue weighted by Gasteiger charge is -2.43. The Morgan fingerprint density at radius 3 is 2.48 bits per heavy atom. The van der Waals surface area contributed by atoms with Crippen molar-refractivity contribution >= 4 is 0 Å². The first-order valence-corrected chi connectivity index (χ1v) is 8.73. The second-order valence-electron chi connectivity index (χ2n) is 6.71. The Kier molecular flexibility index (Phi) is 4.80. The first-order valence-electron chi connectivity index (χ1n) is 8.73. The van der Waals surface area contributed by atoms with Gasteiger partial charge in [-0.05, 0) is 36.8 Å². The normalized spacial score (nSPS) is 23.1. The average molecular weight is 360 g/mol. The Morgan fingerprint density at radius 1 is 1.15 bits per heavy atom. The molecule has 0 unspecified atom stereocenters. The van der Waals surface area contributed by atoms with E-state index in [0.29, 0.717) is 11.5 Å². The highest BCUT2D eigenvalue weighted by Crippen LogP contribution is 2.57. The molecule has 0 aliphatic heterocycles. The molecule has 6 heteroatoms. The number of hydrogen-bond acceptors (Lipinski definition) is 6. The molecule has 1 aromatic rings. The zero-order chi connectivity index (χ0) is 19.6. The van der Waals surface area contributed by atoms with Gasteiger partial charge in [-0.25, -0.2) is 0 Å². The van der Waals surface area contributed by atoms with E-state index in [1.165, 1.54) is 0 Å². The summed E-state index contributed by atoms with van der Waals surface area (Å²) in [6, 6.07) is 11.7. The standard InChI is InChI=1S/C21H20N4O2/c1-26-13-7-8-16(18(9-13)27-2)19-15-6-4-3-5-14(15)17(10-22)20(25)21(19,11-23)12-24/h5,7-9,15,19H,3-4,6,25H2,1-2H3/t15-,19+/m0/s1. The minimum absolute atomic E-state index is 0.0299. The molecule has 0 fully saturated rings. The van der Waals surface area contributed by atoms with E-state index in [1.54, 1.807) is 26.4 Å². The first-order chi connectivity index (χ1) is 13.1. The molecule has 0 amide bonds. The minimum Gasteiger partial charge on any atom is -0.497 e. The number of ether oxygens (including phenoxy) is 2. The molecular weight excluding hydrogens is 340 g/mol. The van der Waals surface area contributed by atoms with Crippen LogP contribution in [0.15, 0.2) is 41.1 Å². The first kappa shape index (κ1) is 18.4. The van der Waals surface area contributed by atoms with Crippen LogP contribution in [0.25, 0.3) is 0 Å². The zero-order valence-electron chi connectivity index (χ0n) is 15.3. The third-order valence-corrected chi connectivity index (χ3v) is 5.57. The van der Waals surface area contributed by atoms with Crippen LogP contribution in [0, 0.1) is 45.3 Å². The van der Waals surface area contributed by atoms with Crippen molar-refractivity contribution < 1.29 is 9.47 Å². The highest BCUT2D eigenvalue weighted by molar-refractivity contribution is 5.60. The van der Waals surface area contributed by atoms with Gasteiger partial charge in [0.15, 0.2) is 5.41 Å². The van der Waals surface area contributed by atoms with Gasteiger partial charge in [0.05, 0.1) is 37.6 Å². The predicted octanol–water partition coefficient (Wildman–Crippen LogP) is 3.30. The molecule has 0 spiro atoms. The smallest absolute Gasteiger partial charge is 0.191 e. The maximum atomic E-state index is 10.0. The molecule has 0 bridgehead atoms. The van der Waals surface area contributed by atoms with Gasteiger partial charge in [0.25, 0.3) is 0 Å². The second kappa shape index (κ2) is 7.06. The zero-order valence-corrected chi connectivity index (χ0v) is 15.3. The van der Waals surface area contributed by atoms with E-state index in [-0.39, 0.29) is 17.2 Å². The van der Waals surface area contributed by atoms with Crippen LogP contribution >= 0.6 is 0 Å². The Balaban J connectivity index is 2.34. The molecule has 0 heterocycles. The molecule has 0 radical (unpaired) electrons. The molecular formula is C21H20N4O2. The molecule has 2 N–H and O–H groups in total. The van der Waals surface area contributed by atoms with Gasteiger partial charge in [0.1, 0.15) is 17.6 Å². The summed E-state index contributed by atoms with van der Waals surface area (Å²) in [6.07, 6.45) is 4.56. The Hall–Kier alpha value is -3.43.